The minimum Gasteiger partial charge on any atom is -0.462 e. The molecule has 0 fully saturated rings. The van der Waals surface area contributed by atoms with Gasteiger partial charge >= 0.3 is 5.97 Å². The summed E-state index contributed by atoms with van der Waals surface area (Å²) in [6.45, 7) is 3.47. The molecule has 6 nitrogen and oxygen atoms in total. The maximum Gasteiger partial charge on any atom is 0.341 e. The Balaban J connectivity index is 2.32. The molecule has 148 valence electrons. The molecular formula is C20H21FN2O4S. The van der Waals surface area contributed by atoms with E-state index in [0.717, 1.165) is 11.3 Å². The Hall–Kier alpha value is -3.00. The highest BCUT2D eigenvalue weighted by Crippen LogP contribution is 2.34. The summed E-state index contributed by atoms with van der Waals surface area (Å²) in [6.07, 6.45) is 2.68. The van der Waals surface area contributed by atoms with Crippen molar-refractivity contribution in [2.75, 3.05) is 26.0 Å². The van der Waals surface area contributed by atoms with Crippen LogP contribution in [-0.4, -0.2) is 43.4 Å². The number of benzene rings is 1. The third-order valence-corrected chi connectivity index (χ3v) is 4.93. The van der Waals surface area contributed by atoms with E-state index in [2.05, 4.69) is 5.32 Å². The molecular weight excluding hydrogens is 383 g/mol. The molecule has 1 N–H and O–H groups in total. The normalized spacial score (nSPS) is 10.8. The molecule has 0 radical (unpaired) electrons. The van der Waals surface area contributed by atoms with Gasteiger partial charge in [0.15, 0.2) is 0 Å². The Morgan fingerprint density at radius 1 is 1.29 bits per heavy atom. The molecule has 0 aliphatic heterocycles. The number of carbonyl (C=O) groups is 3. The van der Waals surface area contributed by atoms with E-state index in [1.165, 1.54) is 35.3 Å². The molecule has 0 bridgehead atoms. The molecule has 0 saturated carbocycles. The van der Waals surface area contributed by atoms with Gasteiger partial charge in [0, 0.05) is 20.2 Å². The van der Waals surface area contributed by atoms with Crippen molar-refractivity contribution in [2.24, 2.45) is 0 Å². The monoisotopic (exact) mass is 404 g/mol. The molecule has 8 heteroatoms. The summed E-state index contributed by atoms with van der Waals surface area (Å²) in [5.41, 5.74) is 1.13. The quantitative estimate of drug-likeness (QED) is 0.588. The first-order chi connectivity index (χ1) is 13.2. The van der Waals surface area contributed by atoms with Crippen molar-refractivity contribution in [1.82, 2.24) is 4.90 Å². The van der Waals surface area contributed by atoms with Crippen LogP contribution in [-0.2, 0) is 9.53 Å². The Morgan fingerprint density at radius 3 is 2.61 bits per heavy atom. The minimum atomic E-state index is -0.613. The third-order valence-electron chi connectivity index (χ3n) is 3.74. The van der Waals surface area contributed by atoms with Gasteiger partial charge < -0.3 is 15.0 Å². The molecule has 2 amide bonds. The fourth-order valence-electron chi connectivity index (χ4n) is 2.39. The largest absolute Gasteiger partial charge is 0.462 e. The summed E-state index contributed by atoms with van der Waals surface area (Å²) in [7, 11) is 3.21. The highest BCUT2D eigenvalue weighted by molar-refractivity contribution is 7.18. The van der Waals surface area contributed by atoms with Crippen molar-refractivity contribution >= 4 is 40.2 Å². The fraction of sp³-hybridized carbons (Fsp3) is 0.250. The van der Waals surface area contributed by atoms with Gasteiger partial charge in [-0.1, -0.05) is 12.1 Å². The molecule has 0 spiro atoms. The first-order valence-corrected chi connectivity index (χ1v) is 9.33. The number of hydrogen-bond donors (Lipinski definition) is 1. The van der Waals surface area contributed by atoms with E-state index in [9.17, 15) is 18.8 Å². The van der Waals surface area contributed by atoms with Crippen molar-refractivity contribution in [3.63, 3.8) is 0 Å². The predicted molar refractivity (Wildman–Crippen MR) is 107 cm³/mol. The average molecular weight is 404 g/mol. The lowest BCUT2D eigenvalue weighted by Gasteiger charge is -2.09. The van der Waals surface area contributed by atoms with E-state index in [0.29, 0.717) is 16.0 Å². The second-order valence-corrected chi connectivity index (χ2v) is 7.08. The van der Waals surface area contributed by atoms with E-state index in [-0.39, 0.29) is 23.1 Å². The van der Waals surface area contributed by atoms with Gasteiger partial charge in [-0.05, 0) is 43.2 Å². The predicted octanol–water partition coefficient (Wildman–Crippen LogP) is 3.73. The van der Waals surface area contributed by atoms with Crippen molar-refractivity contribution in [2.45, 2.75) is 13.8 Å². The van der Waals surface area contributed by atoms with E-state index >= 15 is 0 Å². The van der Waals surface area contributed by atoms with Gasteiger partial charge in [-0.3, -0.25) is 9.59 Å². The van der Waals surface area contributed by atoms with Gasteiger partial charge in [-0.2, -0.15) is 0 Å². The number of thiophene rings is 1. The lowest BCUT2D eigenvalue weighted by molar-refractivity contribution is -0.111. The van der Waals surface area contributed by atoms with Crippen molar-refractivity contribution in [3.05, 3.63) is 57.7 Å². The highest BCUT2D eigenvalue weighted by atomic mass is 32.1. The van der Waals surface area contributed by atoms with Gasteiger partial charge in [0.05, 0.1) is 17.0 Å². The summed E-state index contributed by atoms with van der Waals surface area (Å²) < 4.78 is 18.3. The molecule has 2 rings (SSSR count). The SMILES string of the molecule is CCOC(=O)c1c(NC(=O)/C=C/c2cccc(F)c2)sc(C(=O)N(C)C)c1C. The average Bonchev–Trinajstić information content (AvgIpc) is 2.95. The number of nitrogens with zero attached hydrogens (tertiary/aromatic N) is 1. The number of hydrogen-bond acceptors (Lipinski definition) is 5. The van der Waals surface area contributed by atoms with Gasteiger partial charge in [0.2, 0.25) is 5.91 Å². The van der Waals surface area contributed by atoms with Gasteiger partial charge in [0.25, 0.3) is 5.91 Å². The summed E-state index contributed by atoms with van der Waals surface area (Å²) in [4.78, 5) is 38.7. The Kier molecular flexibility index (Phi) is 7.06. The maximum absolute atomic E-state index is 13.2. The number of rotatable bonds is 6. The molecule has 0 saturated heterocycles. The third kappa shape index (κ3) is 5.04. The summed E-state index contributed by atoms with van der Waals surface area (Å²) in [6, 6.07) is 5.78. The van der Waals surface area contributed by atoms with Gasteiger partial charge in [-0.15, -0.1) is 11.3 Å². The van der Waals surface area contributed by atoms with Crippen LogP contribution in [0.1, 0.15) is 38.1 Å². The highest BCUT2D eigenvalue weighted by Gasteiger charge is 2.27. The summed E-state index contributed by atoms with van der Waals surface area (Å²) >= 11 is 1.01. The molecule has 28 heavy (non-hydrogen) atoms. The summed E-state index contributed by atoms with van der Waals surface area (Å²) in [5.74, 6) is -1.81. The molecule has 0 aliphatic rings. The van der Waals surface area contributed by atoms with Crippen LogP contribution in [0.5, 0.6) is 0 Å². The van der Waals surface area contributed by atoms with Gasteiger partial charge in [-0.25, -0.2) is 9.18 Å². The zero-order valence-corrected chi connectivity index (χ0v) is 16.9. The zero-order chi connectivity index (χ0) is 20.8. The van der Waals surface area contributed by atoms with Crippen LogP contribution in [0.2, 0.25) is 0 Å². The molecule has 1 heterocycles. The smallest absolute Gasteiger partial charge is 0.341 e. The number of nitrogens with one attached hydrogen (secondary N) is 1. The second kappa shape index (κ2) is 9.27. The standard InChI is InChI=1S/C20H21FN2O4S/c1-5-27-20(26)16-12(2)17(19(25)23(3)4)28-18(16)22-15(24)10-9-13-7-6-8-14(21)11-13/h6-11H,5H2,1-4H3,(H,22,24)/b10-9+. The Morgan fingerprint density at radius 2 is 2.00 bits per heavy atom. The number of carbonyl (C=O) groups excluding carboxylic acids is 3. The molecule has 0 atom stereocenters. The van der Waals surface area contributed by atoms with Crippen LogP contribution in [0.4, 0.5) is 9.39 Å². The Labute approximate surface area is 166 Å². The fourth-order valence-corrected chi connectivity index (χ4v) is 3.61. The first kappa shape index (κ1) is 21.3. The summed E-state index contributed by atoms with van der Waals surface area (Å²) in [5, 5.41) is 2.85. The van der Waals surface area contributed by atoms with Crippen LogP contribution < -0.4 is 5.32 Å². The lowest BCUT2D eigenvalue weighted by Crippen LogP contribution is -2.21. The van der Waals surface area contributed by atoms with Crippen LogP contribution in [0, 0.1) is 12.7 Å². The van der Waals surface area contributed by atoms with Crippen molar-refractivity contribution in [3.8, 4) is 0 Å². The van der Waals surface area contributed by atoms with Crippen LogP contribution in [0.15, 0.2) is 30.3 Å². The van der Waals surface area contributed by atoms with Crippen LogP contribution in [0.3, 0.4) is 0 Å². The molecule has 0 unspecified atom stereocenters. The molecule has 0 aliphatic carbocycles. The second-order valence-electron chi connectivity index (χ2n) is 6.06. The van der Waals surface area contributed by atoms with E-state index in [4.69, 9.17) is 4.74 Å². The van der Waals surface area contributed by atoms with Crippen LogP contribution in [0.25, 0.3) is 6.08 Å². The number of ether oxygens (including phenoxy) is 1. The molecule has 2 aromatic rings. The number of halogens is 1. The topological polar surface area (TPSA) is 75.7 Å². The number of anilines is 1. The minimum absolute atomic E-state index is 0.157. The number of amides is 2. The van der Waals surface area contributed by atoms with Crippen molar-refractivity contribution < 1.29 is 23.5 Å². The van der Waals surface area contributed by atoms with E-state index in [1.54, 1.807) is 34.0 Å². The molecule has 1 aromatic heterocycles. The lowest BCUT2D eigenvalue weighted by atomic mass is 10.1. The first-order valence-electron chi connectivity index (χ1n) is 8.51. The zero-order valence-electron chi connectivity index (χ0n) is 16.0. The van der Waals surface area contributed by atoms with E-state index in [1.807, 2.05) is 0 Å². The maximum atomic E-state index is 13.2. The van der Waals surface area contributed by atoms with Crippen molar-refractivity contribution in [1.29, 1.82) is 0 Å². The van der Waals surface area contributed by atoms with E-state index < -0.39 is 17.7 Å². The van der Waals surface area contributed by atoms with Gasteiger partial charge in [0.1, 0.15) is 10.8 Å². The van der Waals surface area contributed by atoms with Crippen LogP contribution >= 0.6 is 11.3 Å². The number of esters is 1. The Bertz CT molecular complexity index is 934. The molecule has 1 aromatic carbocycles.